The average Bonchev–Trinajstić information content (AvgIpc) is 3.05. The van der Waals surface area contributed by atoms with E-state index in [0.717, 1.165) is 44.5 Å². The Bertz CT molecular complexity index is 633. The van der Waals surface area contributed by atoms with E-state index in [-0.39, 0.29) is 0 Å². The Kier molecular flexibility index (Phi) is 5.03. The van der Waals surface area contributed by atoms with Crippen molar-refractivity contribution in [1.29, 1.82) is 0 Å². The Morgan fingerprint density at radius 2 is 2.13 bits per heavy atom. The highest BCUT2D eigenvalue weighted by Gasteiger charge is 2.25. The van der Waals surface area contributed by atoms with Crippen LogP contribution in [0.25, 0.3) is 0 Å². The van der Waals surface area contributed by atoms with E-state index in [2.05, 4.69) is 10.00 Å². The fourth-order valence-electron chi connectivity index (χ4n) is 3.18. The number of aliphatic hydroxyl groups excluding tert-OH is 1. The summed E-state index contributed by atoms with van der Waals surface area (Å²) < 4.78 is 28.2. The lowest BCUT2D eigenvalue weighted by Crippen LogP contribution is -2.44. The largest absolute Gasteiger partial charge is 0.387 e. The maximum atomic E-state index is 13.3. The van der Waals surface area contributed by atoms with E-state index in [1.807, 2.05) is 16.9 Å². The van der Waals surface area contributed by atoms with Crippen molar-refractivity contribution >= 4 is 0 Å². The quantitative estimate of drug-likeness (QED) is 0.921. The molecule has 6 heteroatoms. The molecule has 1 aliphatic heterocycles. The molecular weight excluding hydrogens is 300 g/mol. The minimum absolute atomic E-state index is 0.295. The molecule has 2 atom stereocenters. The number of aromatic nitrogens is 2. The van der Waals surface area contributed by atoms with Gasteiger partial charge in [0.05, 0.1) is 12.6 Å². The van der Waals surface area contributed by atoms with Crippen LogP contribution in [0.2, 0.25) is 0 Å². The molecule has 124 valence electrons. The van der Waals surface area contributed by atoms with Gasteiger partial charge in [-0.05, 0) is 43.1 Å². The molecule has 2 heterocycles. The summed E-state index contributed by atoms with van der Waals surface area (Å²) in [6.07, 6.45) is 6.14. The Morgan fingerprint density at radius 1 is 1.26 bits per heavy atom. The van der Waals surface area contributed by atoms with Gasteiger partial charge in [-0.15, -0.1) is 0 Å². The van der Waals surface area contributed by atoms with Crippen LogP contribution in [-0.4, -0.2) is 38.9 Å². The number of aliphatic hydroxyl groups is 1. The van der Waals surface area contributed by atoms with Gasteiger partial charge in [0.1, 0.15) is 0 Å². The van der Waals surface area contributed by atoms with Crippen molar-refractivity contribution in [2.45, 2.75) is 38.0 Å². The first-order valence-corrected chi connectivity index (χ1v) is 7.98. The number of β-amino-alcohol motifs (C(OH)–C–C–N with tert-alkyl or cyclic N) is 1. The molecule has 2 aromatic rings. The van der Waals surface area contributed by atoms with E-state index in [1.165, 1.54) is 6.07 Å². The van der Waals surface area contributed by atoms with Gasteiger partial charge in [-0.1, -0.05) is 12.5 Å². The monoisotopic (exact) mass is 321 g/mol. The van der Waals surface area contributed by atoms with Gasteiger partial charge >= 0.3 is 0 Å². The summed E-state index contributed by atoms with van der Waals surface area (Å²) in [6, 6.07) is 5.76. The maximum absolute atomic E-state index is 13.3. The summed E-state index contributed by atoms with van der Waals surface area (Å²) in [7, 11) is 0. The van der Waals surface area contributed by atoms with Crippen LogP contribution in [0.5, 0.6) is 0 Å². The molecule has 0 aliphatic carbocycles. The number of likely N-dealkylation sites (tertiary alicyclic amines) is 1. The Balaban J connectivity index is 1.67. The van der Waals surface area contributed by atoms with Crippen molar-refractivity contribution in [3.63, 3.8) is 0 Å². The summed E-state index contributed by atoms with van der Waals surface area (Å²) in [4.78, 5) is 2.22. The van der Waals surface area contributed by atoms with Crippen molar-refractivity contribution < 1.29 is 13.9 Å². The van der Waals surface area contributed by atoms with Crippen LogP contribution in [0, 0.1) is 11.6 Å². The van der Waals surface area contributed by atoms with Crippen molar-refractivity contribution in [3.8, 4) is 0 Å². The van der Waals surface area contributed by atoms with Gasteiger partial charge in [0, 0.05) is 25.0 Å². The highest BCUT2D eigenvalue weighted by Crippen LogP contribution is 2.23. The number of piperidine rings is 1. The first-order chi connectivity index (χ1) is 11.1. The van der Waals surface area contributed by atoms with E-state index >= 15 is 0 Å². The minimum atomic E-state index is -0.923. The van der Waals surface area contributed by atoms with Crippen LogP contribution in [-0.2, 0) is 6.54 Å². The predicted octanol–water partition coefficient (Wildman–Crippen LogP) is 2.75. The summed E-state index contributed by atoms with van der Waals surface area (Å²) in [5.74, 6) is -1.82. The normalized spacial score (nSPS) is 20.6. The molecule has 0 bridgehead atoms. The molecule has 1 saturated heterocycles. The molecule has 0 saturated carbocycles. The summed E-state index contributed by atoms with van der Waals surface area (Å²) in [5, 5.41) is 14.6. The van der Waals surface area contributed by atoms with Crippen LogP contribution < -0.4 is 0 Å². The molecule has 1 aromatic carbocycles. The van der Waals surface area contributed by atoms with Crippen molar-refractivity contribution in [2.75, 3.05) is 13.1 Å². The number of rotatable bonds is 5. The molecule has 3 rings (SSSR count). The second-order valence-electron chi connectivity index (χ2n) is 6.06. The number of hydrogen-bond donors (Lipinski definition) is 1. The van der Waals surface area contributed by atoms with Crippen molar-refractivity contribution in [2.24, 2.45) is 0 Å². The Labute approximate surface area is 134 Å². The zero-order valence-corrected chi connectivity index (χ0v) is 12.9. The van der Waals surface area contributed by atoms with Crippen LogP contribution in [0.1, 0.15) is 30.9 Å². The third-order valence-electron chi connectivity index (χ3n) is 4.44. The van der Waals surface area contributed by atoms with Gasteiger partial charge in [-0.2, -0.15) is 5.10 Å². The molecule has 4 nitrogen and oxygen atoms in total. The van der Waals surface area contributed by atoms with E-state index in [1.54, 1.807) is 6.20 Å². The topological polar surface area (TPSA) is 41.3 Å². The molecule has 1 N–H and O–H groups in total. The van der Waals surface area contributed by atoms with E-state index in [9.17, 15) is 13.9 Å². The second-order valence-corrected chi connectivity index (χ2v) is 6.06. The van der Waals surface area contributed by atoms with Crippen LogP contribution in [0.15, 0.2) is 36.7 Å². The van der Waals surface area contributed by atoms with Gasteiger partial charge in [-0.25, -0.2) is 8.78 Å². The number of halogens is 2. The zero-order chi connectivity index (χ0) is 16.2. The number of benzene rings is 1. The maximum Gasteiger partial charge on any atom is 0.159 e. The van der Waals surface area contributed by atoms with Gasteiger partial charge in [-0.3, -0.25) is 9.58 Å². The number of nitrogens with zero attached hydrogens (tertiary/aromatic N) is 3. The molecule has 0 amide bonds. The standard InChI is InChI=1S/C17H21F2N3O/c18-15-6-5-13(10-16(15)19)17(23)12-21-8-2-1-4-14(21)11-22-9-3-7-20-22/h3,5-7,9-10,14,17,23H,1-2,4,8,11-12H2/t14-,17-/m0/s1. The highest BCUT2D eigenvalue weighted by atomic mass is 19.2. The fourth-order valence-corrected chi connectivity index (χ4v) is 3.18. The average molecular weight is 321 g/mol. The summed E-state index contributed by atoms with van der Waals surface area (Å²) in [5.41, 5.74) is 0.410. The molecular formula is C17H21F2N3O. The van der Waals surface area contributed by atoms with Gasteiger partial charge in [0.2, 0.25) is 0 Å². The highest BCUT2D eigenvalue weighted by molar-refractivity contribution is 5.20. The molecule has 0 radical (unpaired) electrons. The molecule has 0 unspecified atom stereocenters. The number of hydrogen-bond acceptors (Lipinski definition) is 3. The molecule has 1 fully saturated rings. The van der Waals surface area contributed by atoms with Gasteiger partial charge in [0.25, 0.3) is 0 Å². The molecule has 23 heavy (non-hydrogen) atoms. The fraction of sp³-hybridized carbons (Fsp3) is 0.471. The zero-order valence-electron chi connectivity index (χ0n) is 12.9. The van der Waals surface area contributed by atoms with E-state index in [4.69, 9.17) is 0 Å². The molecule has 0 spiro atoms. The Morgan fingerprint density at radius 3 is 2.87 bits per heavy atom. The lowest BCUT2D eigenvalue weighted by molar-refractivity contribution is 0.0589. The molecule has 1 aliphatic rings. The van der Waals surface area contributed by atoms with Gasteiger partial charge in [0.15, 0.2) is 11.6 Å². The van der Waals surface area contributed by atoms with E-state index in [0.29, 0.717) is 18.2 Å². The van der Waals surface area contributed by atoms with E-state index < -0.39 is 17.7 Å². The third kappa shape index (κ3) is 3.95. The summed E-state index contributed by atoms with van der Waals surface area (Å²) >= 11 is 0. The minimum Gasteiger partial charge on any atom is -0.387 e. The second kappa shape index (κ2) is 7.19. The van der Waals surface area contributed by atoms with Crippen LogP contribution in [0.4, 0.5) is 8.78 Å². The van der Waals surface area contributed by atoms with Crippen LogP contribution in [0.3, 0.4) is 0 Å². The lowest BCUT2D eigenvalue weighted by Gasteiger charge is -2.37. The first kappa shape index (κ1) is 16.1. The van der Waals surface area contributed by atoms with Crippen molar-refractivity contribution in [3.05, 3.63) is 53.9 Å². The lowest BCUT2D eigenvalue weighted by atomic mass is 10.00. The molecule has 1 aromatic heterocycles. The third-order valence-corrected chi connectivity index (χ3v) is 4.44. The van der Waals surface area contributed by atoms with Crippen molar-refractivity contribution in [1.82, 2.24) is 14.7 Å². The predicted molar refractivity (Wildman–Crippen MR) is 82.8 cm³/mol. The van der Waals surface area contributed by atoms with Gasteiger partial charge < -0.3 is 5.11 Å². The first-order valence-electron chi connectivity index (χ1n) is 7.98. The van der Waals surface area contributed by atoms with Crippen LogP contribution >= 0.6 is 0 Å². The summed E-state index contributed by atoms with van der Waals surface area (Å²) in [6.45, 7) is 2.08. The Hall–Kier alpha value is -1.79. The SMILES string of the molecule is O[C@@H](CN1CCCC[C@H]1Cn1cccn1)c1ccc(F)c(F)c1. The smallest absolute Gasteiger partial charge is 0.159 e.